The fourth-order valence-electron chi connectivity index (χ4n) is 1.15. The summed E-state index contributed by atoms with van der Waals surface area (Å²) in [7, 11) is 0. The summed E-state index contributed by atoms with van der Waals surface area (Å²) in [6.07, 6.45) is 5.30. The molecule has 0 aliphatic rings. The summed E-state index contributed by atoms with van der Waals surface area (Å²) in [4.78, 5) is 15.3. The predicted molar refractivity (Wildman–Crippen MR) is 74.2 cm³/mol. The average Bonchev–Trinajstić information content (AvgIpc) is 2.38. The van der Waals surface area contributed by atoms with E-state index in [0.717, 1.165) is 4.90 Å². The number of hydrogen-bond donors (Lipinski definition) is 1. The molecule has 1 N–H and O–H groups in total. The maximum atomic E-state index is 11.0. The van der Waals surface area contributed by atoms with Gasteiger partial charge in [-0.1, -0.05) is 11.8 Å². The average molecular weight is 282 g/mol. The van der Waals surface area contributed by atoms with Gasteiger partial charge in [-0.3, -0.25) is 15.4 Å². The highest BCUT2D eigenvalue weighted by Gasteiger charge is 2.14. The number of nitriles is 1. The molecule has 0 atom stereocenters. The van der Waals surface area contributed by atoms with Crippen molar-refractivity contribution in [2.24, 2.45) is 4.99 Å². The maximum absolute atomic E-state index is 11.0. The Morgan fingerprint density at radius 2 is 2.28 bits per heavy atom. The summed E-state index contributed by atoms with van der Waals surface area (Å²) >= 11 is 2.63. The Hall–Kier alpha value is -1.72. The van der Waals surface area contributed by atoms with Crippen molar-refractivity contribution >= 4 is 40.1 Å². The van der Waals surface area contributed by atoms with Gasteiger partial charge in [0.25, 0.3) is 5.69 Å². The largest absolute Gasteiger partial charge is 0.296 e. The molecule has 0 bridgehead atoms. The van der Waals surface area contributed by atoms with Gasteiger partial charge >= 0.3 is 0 Å². The molecular formula is C10H10N4O2S2. The minimum Gasteiger partial charge on any atom is -0.271 e. The topological polar surface area (TPSA) is 91.3 Å². The molecule has 0 aromatic heterocycles. The van der Waals surface area contributed by atoms with Crippen LogP contribution in [0, 0.1) is 21.6 Å². The number of rotatable bonds is 3. The van der Waals surface area contributed by atoms with Gasteiger partial charge in [0.1, 0.15) is 5.69 Å². The van der Waals surface area contributed by atoms with E-state index in [1.165, 1.54) is 29.6 Å². The Bertz CT molecular complexity index is 525. The predicted octanol–water partition coefficient (Wildman–Crippen LogP) is 2.74. The SMILES string of the molecule is CSC(=Nc1ccc(SC)cc1[N+](=O)[O-])NC#N. The van der Waals surface area contributed by atoms with Crippen molar-refractivity contribution in [3.63, 3.8) is 0 Å². The molecule has 8 heteroatoms. The van der Waals surface area contributed by atoms with Crippen molar-refractivity contribution in [1.29, 1.82) is 5.26 Å². The van der Waals surface area contributed by atoms with Crippen LogP contribution in [0.3, 0.4) is 0 Å². The van der Waals surface area contributed by atoms with Gasteiger partial charge in [0, 0.05) is 11.0 Å². The van der Waals surface area contributed by atoms with Crippen LogP contribution in [0.1, 0.15) is 0 Å². The number of aliphatic imine (C=N–C) groups is 1. The summed E-state index contributed by atoms with van der Waals surface area (Å²) in [5.74, 6) is 0. The summed E-state index contributed by atoms with van der Waals surface area (Å²) < 4.78 is 0. The number of nitro benzene ring substituents is 1. The number of hydrogen-bond acceptors (Lipinski definition) is 6. The number of nitrogens with zero attached hydrogens (tertiary/aromatic N) is 3. The second-order valence-electron chi connectivity index (χ2n) is 2.97. The van der Waals surface area contributed by atoms with Crippen LogP contribution < -0.4 is 5.32 Å². The van der Waals surface area contributed by atoms with Crippen molar-refractivity contribution in [2.75, 3.05) is 12.5 Å². The molecule has 0 saturated carbocycles. The highest BCUT2D eigenvalue weighted by Crippen LogP contribution is 2.31. The van der Waals surface area contributed by atoms with E-state index in [9.17, 15) is 10.1 Å². The van der Waals surface area contributed by atoms with E-state index in [4.69, 9.17) is 5.26 Å². The molecule has 18 heavy (non-hydrogen) atoms. The first-order valence-corrected chi connectivity index (χ1v) is 7.17. The van der Waals surface area contributed by atoms with Gasteiger partial charge in [-0.25, -0.2) is 4.99 Å². The lowest BCUT2D eigenvalue weighted by atomic mass is 10.3. The third kappa shape index (κ3) is 3.65. The van der Waals surface area contributed by atoms with Gasteiger partial charge in [-0.15, -0.1) is 11.8 Å². The quantitative estimate of drug-likeness (QED) is 0.174. The standard InChI is InChI=1S/C10H10N4O2S2/c1-17-7-3-4-8(9(5-7)14(15)16)13-10(18-2)12-6-11/h3-5H,1-2H3,(H,12,13). The summed E-state index contributed by atoms with van der Waals surface area (Å²) in [5, 5.41) is 22.1. The number of nitrogens with one attached hydrogen (secondary N) is 1. The van der Waals surface area contributed by atoms with E-state index in [1.807, 2.05) is 6.26 Å². The van der Waals surface area contributed by atoms with Gasteiger partial charge in [0.15, 0.2) is 11.4 Å². The van der Waals surface area contributed by atoms with E-state index >= 15 is 0 Å². The number of benzene rings is 1. The minimum absolute atomic E-state index is 0.0758. The maximum Gasteiger partial charge on any atom is 0.296 e. The van der Waals surface area contributed by atoms with E-state index in [2.05, 4.69) is 10.3 Å². The lowest BCUT2D eigenvalue weighted by molar-refractivity contribution is -0.384. The molecule has 0 amide bonds. The first-order valence-electron chi connectivity index (χ1n) is 4.72. The lowest BCUT2D eigenvalue weighted by Crippen LogP contribution is -2.12. The van der Waals surface area contributed by atoms with Crippen LogP contribution in [0.4, 0.5) is 11.4 Å². The molecule has 0 aliphatic carbocycles. The van der Waals surface area contributed by atoms with Gasteiger partial charge in [-0.05, 0) is 24.6 Å². The zero-order valence-corrected chi connectivity index (χ0v) is 11.3. The van der Waals surface area contributed by atoms with Crippen molar-refractivity contribution < 1.29 is 4.92 Å². The molecule has 0 spiro atoms. The normalized spacial score (nSPS) is 10.8. The Morgan fingerprint density at radius 3 is 2.78 bits per heavy atom. The third-order valence-corrected chi connectivity index (χ3v) is 3.26. The lowest BCUT2D eigenvalue weighted by Gasteiger charge is -2.02. The van der Waals surface area contributed by atoms with Crippen LogP contribution in [0.15, 0.2) is 28.1 Å². The zero-order chi connectivity index (χ0) is 13.5. The number of amidine groups is 1. The van der Waals surface area contributed by atoms with Crippen LogP contribution >= 0.6 is 23.5 Å². The Kier molecular flexibility index (Phi) is 5.48. The van der Waals surface area contributed by atoms with E-state index < -0.39 is 4.92 Å². The van der Waals surface area contributed by atoms with Gasteiger partial charge in [0.05, 0.1) is 4.92 Å². The fraction of sp³-hybridized carbons (Fsp3) is 0.200. The monoisotopic (exact) mass is 282 g/mol. The van der Waals surface area contributed by atoms with E-state index in [-0.39, 0.29) is 11.4 Å². The van der Waals surface area contributed by atoms with E-state index in [1.54, 1.807) is 24.6 Å². The Balaban J connectivity index is 3.23. The molecule has 1 aromatic rings. The van der Waals surface area contributed by atoms with Gasteiger partial charge in [-0.2, -0.15) is 5.26 Å². The third-order valence-electron chi connectivity index (χ3n) is 1.96. The number of nitro groups is 1. The fourth-order valence-corrected chi connectivity index (χ4v) is 1.92. The highest BCUT2D eigenvalue weighted by molar-refractivity contribution is 8.13. The first kappa shape index (κ1) is 14.3. The highest BCUT2D eigenvalue weighted by atomic mass is 32.2. The summed E-state index contributed by atoms with van der Waals surface area (Å²) in [6.45, 7) is 0. The van der Waals surface area contributed by atoms with Crippen LogP contribution in [0.25, 0.3) is 0 Å². The first-order chi connectivity index (χ1) is 8.62. The molecule has 1 aromatic carbocycles. The van der Waals surface area contributed by atoms with Crippen molar-refractivity contribution in [3.05, 3.63) is 28.3 Å². The van der Waals surface area contributed by atoms with Crippen molar-refractivity contribution in [1.82, 2.24) is 5.32 Å². The summed E-state index contributed by atoms with van der Waals surface area (Å²) in [5.41, 5.74) is 0.151. The molecule has 0 heterocycles. The molecule has 0 fully saturated rings. The summed E-state index contributed by atoms with van der Waals surface area (Å²) in [6, 6.07) is 4.79. The second-order valence-corrected chi connectivity index (χ2v) is 4.64. The second kappa shape index (κ2) is 6.88. The molecule has 0 unspecified atom stereocenters. The van der Waals surface area contributed by atoms with Crippen LogP contribution in [-0.4, -0.2) is 22.6 Å². The zero-order valence-electron chi connectivity index (χ0n) is 9.71. The molecular weight excluding hydrogens is 272 g/mol. The smallest absolute Gasteiger partial charge is 0.271 e. The molecule has 6 nitrogen and oxygen atoms in total. The van der Waals surface area contributed by atoms with Gasteiger partial charge in [0.2, 0.25) is 0 Å². The van der Waals surface area contributed by atoms with Crippen LogP contribution in [-0.2, 0) is 0 Å². The van der Waals surface area contributed by atoms with Crippen LogP contribution in [0.2, 0.25) is 0 Å². The molecule has 0 aliphatic heterocycles. The Labute approximate surface area is 113 Å². The minimum atomic E-state index is -0.483. The Morgan fingerprint density at radius 1 is 1.56 bits per heavy atom. The molecule has 0 radical (unpaired) electrons. The molecule has 0 saturated heterocycles. The van der Waals surface area contributed by atoms with Crippen LogP contribution in [0.5, 0.6) is 0 Å². The van der Waals surface area contributed by atoms with Crippen molar-refractivity contribution in [2.45, 2.75) is 4.90 Å². The molecule has 94 valence electrons. The number of thioether (sulfide) groups is 2. The van der Waals surface area contributed by atoms with E-state index in [0.29, 0.717) is 5.17 Å². The van der Waals surface area contributed by atoms with Gasteiger partial charge < -0.3 is 0 Å². The van der Waals surface area contributed by atoms with Crippen molar-refractivity contribution in [3.8, 4) is 6.19 Å². The molecule has 1 rings (SSSR count).